The van der Waals surface area contributed by atoms with Gasteiger partial charge in [-0.1, -0.05) is 25.3 Å². The van der Waals surface area contributed by atoms with Gasteiger partial charge in [-0.05, 0) is 30.5 Å². The molecule has 1 aliphatic rings. The van der Waals surface area contributed by atoms with Gasteiger partial charge in [0, 0.05) is 11.0 Å². The van der Waals surface area contributed by atoms with E-state index in [0.29, 0.717) is 17.1 Å². The Bertz CT molecular complexity index is 469. The number of thioether (sulfide) groups is 1. The predicted octanol–water partition coefficient (Wildman–Crippen LogP) is 4.94. The Balaban J connectivity index is 1.96. The molecule has 0 bridgehead atoms. The molecule has 1 unspecified atom stereocenters. The van der Waals surface area contributed by atoms with Crippen molar-refractivity contribution in [3.63, 3.8) is 0 Å². The van der Waals surface area contributed by atoms with E-state index in [-0.39, 0.29) is 5.56 Å². The van der Waals surface area contributed by atoms with Crippen LogP contribution in [0.2, 0.25) is 0 Å². The monoisotopic (exact) mass is 322 g/mol. The van der Waals surface area contributed by atoms with E-state index in [1.807, 2.05) is 0 Å². The van der Waals surface area contributed by atoms with Crippen LogP contribution in [0.25, 0.3) is 0 Å². The second kappa shape index (κ2) is 7.01. The van der Waals surface area contributed by atoms with Crippen molar-refractivity contribution in [2.75, 3.05) is 5.75 Å². The average Bonchev–Trinajstić information content (AvgIpc) is 2.44. The van der Waals surface area contributed by atoms with E-state index in [0.717, 1.165) is 25.0 Å². The van der Waals surface area contributed by atoms with Crippen molar-refractivity contribution in [1.29, 1.82) is 0 Å². The minimum absolute atomic E-state index is 0.198. The molecule has 0 radical (unpaired) electrons. The fourth-order valence-corrected chi connectivity index (χ4v) is 3.84. The number of benzene rings is 1. The summed E-state index contributed by atoms with van der Waals surface area (Å²) in [6.07, 6.45) is 0.186. The Morgan fingerprint density at radius 3 is 2.43 bits per heavy atom. The van der Waals surface area contributed by atoms with E-state index in [1.165, 1.54) is 19.3 Å². The minimum Gasteiger partial charge on any atom is -0.388 e. The molecule has 6 heteroatoms. The van der Waals surface area contributed by atoms with Crippen LogP contribution >= 0.6 is 11.8 Å². The summed E-state index contributed by atoms with van der Waals surface area (Å²) in [5.41, 5.74) is -1.10. The molecule has 1 fully saturated rings. The first kappa shape index (κ1) is 16.6. The highest BCUT2D eigenvalue weighted by Gasteiger charge is 2.34. The van der Waals surface area contributed by atoms with Gasteiger partial charge in [-0.2, -0.15) is 24.9 Å². The third-order valence-corrected chi connectivity index (χ3v) is 5.18. The molecule has 1 atom stereocenters. The summed E-state index contributed by atoms with van der Waals surface area (Å²) in [6.45, 7) is 0. The second-order valence-corrected chi connectivity index (χ2v) is 6.68. The summed E-state index contributed by atoms with van der Waals surface area (Å²) in [4.78, 5) is 0. The van der Waals surface area contributed by atoms with Crippen LogP contribution in [0.15, 0.2) is 18.2 Å². The highest BCUT2D eigenvalue weighted by Crippen LogP contribution is 2.34. The van der Waals surface area contributed by atoms with Gasteiger partial charge in [-0.15, -0.1) is 0 Å². The molecule has 1 aromatic rings. The van der Waals surface area contributed by atoms with Crippen molar-refractivity contribution < 1.29 is 22.7 Å². The highest BCUT2D eigenvalue weighted by molar-refractivity contribution is 7.99. The summed E-state index contributed by atoms with van der Waals surface area (Å²) in [5.74, 6) is -0.947. The van der Waals surface area contributed by atoms with E-state index in [4.69, 9.17) is 0 Å². The molecular formula is C15H18F4OS. The zero-order valence-corrected chi connectivity index (χ0v) is 12.3. The Morgan fingerprint density at radius 2 is 1.86 bits per heavy atom. The summed E-state index contributed by atoms with van der Waals surface area (Å²) >= 11 is 1.62. The average molecular weight is 322 g/mol. The van der Waals surface area contributed by atoms with Crippen molar-refractivity contribution in [3.8, 4) is 0 Å². The molecule has 0 aromatic heterocycles. The van der Waals surface area contributed by atoms with E-state index in [1.54, 1.807) is 11.8 Å². The normalized spacial score (nSPS) is 18.7. The topological polar surface area (TPSA) is 20.2 Å². The van der Waals surface area contributed by atoms with Crippen LogP contribution in [0, 0.1) is 5.82 Å². The van der Waals surface area contributed by atoms with Crippen LogP contribution in [-0.2, 0) is 6.18 Å². The fourth-order valence-electron chi connectivity index (χ4n) is 2.52. The van der Waals surface area contributed by atoms with Crippen LogP contribution in [0.3, 0.4) is 0 Å². The second-order valence-electron chi connectivity index (χ2n) is 5.35. The molecule has 1 aliphatic carbocycles. The molecule has 0 amide bonds. The molecular weight excluding hydrogens is 304 g/mol. The zero-order chi connectivity index (χ0) is 15.5. The lowest BCUT2D eigenvalue weighted by atomic mass is 10.0. The Labute approximate surface area is 125 Å². The van der Waals surface area contributed by atoms with Crippen LogP contribution in [0.1, 0.15) is 49.3 Å². The van der Waals surface area contributed by atoms with Crippen LogP contribution in [-0.4, -0.2) is 16.1 Å². The smallest absolute Gasteiger partial charge is 0.388 e. The number of hydrogen-bond donors (Lipinski definition) is 1. The van der Waals surface area contributed by atoms with E-state index in [9.17, 15) is 22.7 Å². The maximum absolute atomic E-state index is 13.5. The summed E-state index contributed by atoms with van der Waals surface area (Å²) in [5, 5.41) is 10.5. The van der Waals surface area contributed by atoms with E-state index < -0.39 is 23.7 Å². The maximum Gasteiger partial charge on any atom is 0.419 e. The lowest BCUT2D eigenvalue weighted by molar-refractivity contribution is -0.140. The van der Waals surface area contributed by atoms with Crippen molar-refractivity contribution in [3.05, 3.63) is 35.1 Å². The third-order valence-electron chi connectivity index (χ3n) is 3.73. The Kier molecular flexibility index (Phi) is 5.54. The first-order valence-electron chi connectivity index (χ1n) is 7.04. The molecule has 0 heterocycles. The van der Waals surface area contributed by atoms with E-state index in [2.05, 4.69) is 0 Å². The van der Waals surface area contributed by atoms with Crippen molar-refractivity contribution in [2.24, 2.45) is 0 Å². The molecule has 1 nitrogen and oxygen atoms in total. The molecule has 0 aliphatic heterocycles. The van der Waals surface area contributed by atoms with Gasteiger partial charge in [-0.3, -0.25) is 0 Å². The lowest BCUT2D eigenvalue weighted by Gasteiger charge is -2.22. The van der Waals surface area contributed by atoms with Gasteiger partial charge in [0.05, 0.1) is 11.7 Å². The van der Waals surface area contributed by atoms with Crippen LogP contribution < -0.4 is 0 Å². The number of alkyl halides is 3. The quantitative estimate of drug-likeness (QED) is 0.792. The number of halogens is 4. The Hall–Kier alpha value is -0.750. The van der Waals surface area contributed by atoms with E-state index >= 15 is 0 Å². The van der Waals surface area contributed by atoms with Crippen LogP contribution in [0.4, 0.5) is 17.6 Å². The van der Waals surface area contributed by atoms with Gasteiger partial charge >= 0.3 is 6.18 Å². The first-order chi connectivity index (χ1) is 9.88. The lowest BCUT2D eigenvalue weighted by Crippen LogP contribution is -2.12. The highest BCUT2D eigenvalue weighted by atomic mass is 32.2. The van der Waals surface area contributed by atoms with Gasteiger partial charge in [0.25, 0.3) is 0 Å². The largest absolute Gasteiger partial charge is 0.419 e. The number of rotatable bonds is 4. The SMILES string of the molecule is OC(CSC1CCCCC1)c1ccc(C(F)(F)F)c(F)c1. The fraction of sp³-hybridized carbons (Fsp3) is 0.600. The molecule has 118 valence electrons. The number of hydrogen-bond acceptors (Lipinski definition) is 2. The maximum atomic E-state index is 13.5. The van der Waals surface area contributed by atoms with Gasteiger partial charge in [0.2, 0.25) is 0 Å². The first-order valence-corrected chi connectivity index (χ1v) is 8.09. The summed E-state index contributed by atoms with van der Waals surface area (Å²) < 4.78 is 50.9. The van der Waals surface area contributed by atoms with Crippen molar-refractivity contribution in [2.45, 2.75) is 49.6 Å². The van der Waals surface area contributed by atoms with Gasteiger partial charge < -0.3 is 5.11 Å². The molecule has 1 saturated carbocycles. The zero-order valence-electron chi connectivity index (χ0n) is 11.5. The molecule has 0 spiro atoms. The minimum atomic E-state index is -4.70. The standard InChI is InChI=1S/C15H18F4OS/c16-13-8-10(6-7-12(13)15(17,18)19)14(20)9-21-11-4-2-1-3-5-11/h6-8,11,14,20H,1-5,9H2. The van der Waals surface area contributed by atoms with Gasteiger partial charge in [-0.25, -0.2) is 4.39 Å². The summed E-state index contributed by atoms with van der Waals surface area (Å²) in [6, 6.07) is 2.63. The molecule has 0 saturated heterocycles. The van der Waals surface area contributed by atoms with Gasteiger partial charge in [0.1, 0.15) is 5.82 Å². The summed E-state index contributed by atoms with van der Waals surface area (Å²) in [7, 11) is 0. The molecule has 1 N–H and O–H groups in total. The van der Waals surface area contributed by atoms with Crippen LogP contribution in [0.5, 0.6) is 0 Å². The Morgan fingerprint density at radius 1 is 1.19 bits per heavy atom. The van der Waals surface area contributed by atoms with Gasteiger partial charge in [0.15, 0.2) is 0 Å². The number of aliphatic hydroxyl groups is 1. The molecule has 1 aromatic carbocycles. The van der Waals surface area contributed by atoms with Crippen molar-refractivity contribution in [1.82, 2.24) is 0 Å². The number of aliphatic hydroxyl groups excluding tert-OH is 1. The molecule has 21 heavy (non-hydrogen) atoms. The third kappa shape index (κ3) is 4.61. The predicted molar refractivity (Wildman–Crippen MR) is 75.7 cm³/mol. The molecule has 2 rings (SSSR count). The van der Waals surface area contributed by atoms with Crippen molar-refractivity contribution >= 4 is 11.8 Å².